The molecule has 2 atom stereocenters. The molecule has 5 amide bonds. The number of amides is 5. The van der Waals surface area contributed by atoms with Gasteiger partial charge in [-0.25, -0.2) is 0 Å². The number of carbonyl (C=O) groups is 6. The van der Waals surface area contributed by atoms with Crippen molar-refractivity contribution in [3.63, 3.8) is 0 Å². The van der Waals surface area contributed by atoms with Gasteiger partial charge >= 0.3 is 0 Å². The van der Waals surface area contributed by atoms with Gasteiger partial charge in [-0.15, -0.1) is 21.5 Å². The van der Waals surface area contributed by atoms with E-state index in [-0.39, 0.29) is 54.9 Å². The van der Waals surface area contributed by atoms with E-state index in [1.165, 1.54) is 0 Å². The number of rotatable bonds is 13. The van der Waals surface area contributed by atoms with Gasteiger partial charge in [0.15, 0.2) is 5.82 Å². The number of aliphatic imine (C=N–C) groups is 1. The van der Waals surface area contributed by atoms with Crippen molar-refractivity contribution in [2.45, 2.75) is 90.6 Å². The number of aromatic nitrogens is 3. The summed E-state index contributed by atoms with van der Waals surface area (Å²) in [5, 5.41) is 15.6. The largest absolute Gasteiger partial charge is 0.356 e. The lowest BCUT2D eigenvalue weighted by molar-refractivity contribution is -0.136. The monoisotopic (exact) mass is 781 g/mol. The molecule has 55 heavy (non-hydrogen) atoms. The number of aryl methyl sites for hydroxylation is 3. The second kappa shape index (κ2) is 15.8. The maximum atomic E-state index is 13.4. The number of piperidine rings is 1. The third-order valence-corrected chi connectivity index (χ3v) is 11.9. The molecule has 7 rings (SSSR count). The Bertz CT molecular complexity index is 2280. The van der Waals surface area contributed by atoms with Gasteiger partial charge in [-0.2, -0.15) is 0 Å². The van der Waals surface area contributed by atoms with Crippen LogP contribution in [-0.2, 0) is 25.6 Å². The molecule has 1 unspecified atom stereocenters. The van der Waals surface area contributed by atoms with Crippen LogP contribution in [0.5, 0.6) is 0 Å². The topological polar surface area (TPSA) is 173 Å². The zero-order valence-electron chi connectivity index (χ0n) is 30.7. The standard InChI is InChI=1S/C40H40ClN7O6S/c1-21-22(2)55-40-33(21)35(25-11-14-26(41)15-12-25)43-29(36-46-45-23(3)47(36)40)20-32(51)42-19-6-4-5-9-27(49)16-13-24-8-7-10-28-34(24)39(54)48(38(28)53)30-17-18-31(50)44-37(30)52/h7-8,10-12,14-15,29-30H,4-6,9,13,16-20H2,1-3H3,(H,42,51)(H,44,50,52)/t29-,30?/m0/s1. The van der Waals surface area contributed by atoms with Gasteiger partial charge in [0.2, 0.25) is 17.7 Å². The highest BCUT2D eigenvalue weighted by molar-refractivity contribution is 7.15. The van der Waals surface area contributed by atoms with E-state index in [1.54, 1.807) is 29.5 Å². The molecule has 2 aromatic heterocycles. The van der Waals surface area contributed by atoms with Crippen LogP contribution in [0.3, 0.4) is 0 Å². The van der Waals surface area contributed by atoms with Crippen LogP contribution in [0.2, 0.25) is 5.02 Å². The lowest BCUT2D eigenvalue weighted by atomic mass is 9.97. The molecule has 0 aliphatic carbocycles. The van der Waals surface area contributed by atoms with Crippen LogP contribution in [0, 0.1) is 20.8 Å². The number of nitrogens with one attached hydrogen (secondary N) is 2. The molecule has 0 radical (unpaired) electrons. The Morgan fingerprint density at radius 1 is 0.945 bits per heavy atom. The molecule has 5 heterocycles. The van der Waals surface area contributed by atoms with Crippen LogP contribution in [-0.4, -0.2) is 73.3 Å². The van der Waals surface area contributed by atoms with Crippen LogP contribution in [0.25, 0.3) is 5.00 Å². The Morgan fingerprint density at radius 3 is 2.49 bits per heavy atom. The fourth-order valence-electron chi connectivity index (χ4n) is 7.42. The minimum Gasteiger partial charge on any atom is -0.356 e. The highest BCUT2D eigenvalue weighted by Gasteiger charge is 2.45. The van der Waals surface area contributed by atoms with E-state index >= 15 is 0 Å². The zero-order chi connectivity index (χ0) is 39.0. The van der Waals surface area contributed by atoms with Gasteiger partial charge in [0.05, 0.1) is 23.3 Å². The van der Waals surface area contributed by atoms with Crippen LogP contribution >= 0.6 is 22.9 Å². The molecule has 3 aliphatic rings. The number of fused-ring (bicyclic) bond motifs is 4. The number of ketones is 1. The van der Waals surface area contributed by atoms with E-state index in [0.29, 0.717) is 42.2 Å². The first kappa shape index (κ1) is 38.0. The summed E-state index contributed by atoms with van der Waals surface area (Å²) in [6, 6.07) is 10.9. The number of carbonyl (C=O) groups excluding carboxylic acids is 6. The number of thiophene rings is 1. The number of Topliss-reactive ketones (excluding diaryl/α,β-unsaturated/α-hetero) is 1. The maximum Gasteiger partial charge on any atom is 0.262 e. The van der Waals surface area contributed by atoms with E-state index in [4.69, 9.17) is 16.6 Å². The first-order valence-electron chi connectivity index (χ1n) is 18.4. The Hall–Kier alpha value is -5.34. The molecular weight excluding hydrogens is 742 g/mol. The van der Waals surface area contributed by atoms with Crippen molar-refractivity contribution in [2.75, 3.05) is 6.54 Å². The highest BCUT2D eigenvalue weighted by Crippen LogP contribution is 2.39. The van der Waals surface area contributed by atoms with Crippen molar-refractivity contribution in [3.8, 4) is 5.00 Å². The molecule has 3 aliphatic heterocycles. The summed E-state index contributed by atoms with van der Waals surface area (Å²) in [6.45, 7) is 6.50. The zero-order valence-corrected chi connectivity index (χ0v) is 32.3. The van der Waals surface area contributed by atoms with Crippen molar-refractivity contribution >= 4 is 64.0 Å². The molecule has 1 fully saturated rings. The van der Waals surface area contributed by atoms with Crippen molar-refractivity contribution in [1.29, 1.82) is 0 Å². The average molecular weight is 782 g/mol. The highest BCUT2D eigenvalue weighted by atomic mass is 35.5. The molecule has 13 nitrogen and oxygen atoms in total. The van der Waals surface area contributed by atoms with E-state index in [9.17, 15) is 28.8 Å². The van der Waals surface area contributed by atoms with Crippen LogP contribution in [0.15, 0.2) is 47.5 Å². The van der Waals surface area contributed by atoms with Gasteiger partial charge < -0.3 is 5.32 Å². The van der Waals surface area contributed by atoms with Crippen molar-refractivity contribution in [2.24, 2.45) is 4.99 Å². The van der Waals surface area contributed by atoms with Gasteiger partial charge in [-0.05, 0) is 75.8 Å². The Kier molecular flexibility index (Phi) is 10.9. The lowest BCUT2D eigenvalue weighted by Gasteiger charge is -2.27. The predicted octanol–water partition coefficient (Wildman–Crippen LogP) is 5.47. The van der Waals surface area contributed by atoms with Crippen LogP contribution < -0.4 is 10.6 Å². The van der Waals surface area contributed by atoms with Gasteiger partial charge in [0, 0.05) is 46.8 Å². The summed E-state index contributed by atoms with van der Waals surface area (Å²) in [7, 11) is 0. The molecular formula is C40H40ClN7O6S. The molecule has 4 aromatic rings. The van der Waals surface area contributed by atoms with Gasteiger partial charge in [-0.3, -0.25) is 48.5 Å². The van der Waals surface area contributed by atoms with Gasteiger partial charge in [-0.1, -0.05) is 42.3 Å². The van der Waals surface area contributed by atoms with Gasteiger partial charge in [0.1, 0.15) is 28.7 Å². The third kappa shape index (κ3) is 7.52. The molecule has 2 aromatic carbocycles. The van der Waals surface area contributed by atoms with E-state index in [0.717, 1.165) is 49.4 Å². The third-order valence-electron chi connectivity index (χ3n) is 10.4. The van der Waals surface area contributed by atoms with E-state index in [1.807, 2.05) is 35.8 Å². The van der Waals surface area contributed by atoms with Crippen molar-refractivity contribution < 1.29 is 28.8 Å². The number of hydrogen-bond acceptors (Lipinski definition) is 10. The fourth-order valence-corrected chi connectivity index (χ4v) is 8.76. The second-order valence-corrected chi connectivity index (χ2v) is 15.7. The Balaban J connectivity index is 0.906. The molecule has 15 heteroatoms. The summed E-state index contributed by atoms with van der Waals surface area (Å²) in [5.41, 5.74) is 4.79. The molecule has 0 bridgehead atoms. The number of benzene rings is 2. The first-order valence-corrected chi connectivity index (χ1v) is 19.6. The molecule has 284 valence electrons. The van der Waals surface area contributed by atoms with Crippen molar-refractivity contribution in [1.82, 2.24) is 30.3 Å². The van der Waals surface area contributed by atoms with Gasteiger partial charge in [0.25, 0.3) is 11.8 Å². The summed E-state index contributed by atoms with van der Waals surface area (Å²) in [4.78, 5) is 83.9. The molecule has 1 saturated heterocycles. The number of hydrogen-bond donors (Lipinski definition) is 2. The van der Waals surface area contributed by atoms with E-state index < -0.39 is 35.7 Å². The lowest BCUT2D eigenvalue weighted by Crippen LogP contribution is -2.54. The molecule has 0 spiro atoms. The Labute approximate surface area is 326 Å². The number of unbranched alkanes of at least 4 members (excludes halogenated alkanes) is 2. The average Bonchev–Trinajstić information content (AvgIpc) is 3.73. The first-order chi connectivity index (χ1) is 26.4. The second-order valence-electron chi connectivity index (χ2n) is 14.1. The number of nitrogens with zero attached hydrogens (tertiary/aromatic N) is 5. The molecule has 2 N–H and O–H groups in total. The number of halogens is 1. The van der Waals surface area contributed by atoms with E-state index in [2.05, 4.69) is 34.7 Å². The smallest absolute Gasteiger partial charge is 0.262 e. The van der Waals surface area contributed by atoms with Crippen LogP contribution in [0.4, 0.5) is 0 Å². The summed E-state index contributed by atoms with van der Waals surface area (Å²) in [6.07, 6.45) is 3.09. The normalized spacial score (nSPS) is 17.7. The summed E-state index contributed by atoms with van der Waals surface area (Å²) in [5.74, 6) is -1.05. The van der Waals surface area contributed by atoms with Crippen LogP contribution in [0.1, 0.15) is 117 Å². The maximum absolute atomic E-state index is 13.4. The minimum atomic E-state index is -1.04. The quantitative estimate of drug-likeness (QED) is 0.133. The minimum absolute atomic E-state index is 0.0292. The van der Waals surface area contributed by atoms with Crippen molar-refractivity contribution in [3.05, 3.63) is 97.4 Å². The fraction of sp³-hybridized carbons (Fsp3) is 0.375. The SMILES string of the molecule is Cc1sc2c(c1C)C(c1ccc(Cl)cc1)=N[C@@H](CC(=O)NCCCCCC(=O)CCc1cccc3c1C(=O)N(C1CCC(=O)NC1=O)C3=O)c1nnc(C)n1-2. The Morgan fingerprint density at radius 2 is 1.73 bits per heavy atom. The molecule has 0 saturated carbocycles. The predicted molar refractivity (Wildman–Crippen MR) is 206 cm³/mol. The summed E-state index contributed by atoms with van der Waals surface area (Å²) >= 11 is 7.87. The number of imide groups is 2. The summed E-state index contributed by atoms with van der Waals surface area (Å²) < 4.78 is 2.01.